The van der Waals surface area contributed by atoms with E-state index in [1.165, 1.54) is 0 Å². The fraction of sp³-hybridized carbons (Fsp3) is 0.381. The van der Waals surface area contributed by atoms with Crippen LogP contribution in [0.4, 0.5) is 5.69 Å². The molecule has 13 nitrogen and oxygen atoms in total. The molecule has 0 aliphatic carbocycles. The minimum Gasteiger partial charge on any atom is -0.497 e. The van der Waals surface area contributed by atoms with Crippen molar-refractivity contribution in [2.75, 3.05) is 51.4 Å². The summed E-state index contributed by atoms with van der Waals surface area (Å²) in [5.41, 5.74) is 8.23. The third kappa shape index (κ3) is 9.48. The van der Waals surface area contributed by atoms with Gasteiger partial charge in [0.05, 0.1) is 66.5 Å². The number of aryl methyl sites for hydroxylation is 3. The van der Waals surface area contributed by atoms with Crippen LogP contribution in [0, 0.1) is 20.8 Å². The fourth-order valence-corrected chi connectivity index (χ4v) is 8.59. The minimum atomic E-state index is -3.77. The van der Waals surface area contributed by atoms with Crippen molar-refractivity contribution in [3.05, 3.63) is 105 Å². The normalized spacial score (nSPS) is 16.7. The number of sulfonamides is 1. The summed E-state index contributed by atoms with van der Waals surface area (Å²) in [7, 11) is -2.14. The standard InChI is InChI=1S/C42H50ClN7O6S/c1-25-8-9-32(40-28(4)49-56-29(40)5)22-38(25)57(52,53)46-19-21-55-20-18-44-16-17-45-39(51)24-36-42-26(2)27(3)47-30(6)50(42)37-15-14-34(54-7)23-35(37)41(48-36)31-10-12-33(43)13-11-31/h8-15,22-23,27,36,44,46H,16-21,24H2,1-7H3,(H,45,51). The molecule has 0 saturated carbocycles. The van der Waals surface area contributed by atoms with E-state index in [-0.39, 0.29) is 36.4 Å². The molecule has 0 radical (unpaired) electrons. The molecule has 0 spiro atoms. The number of nitrogens with one attached hydrogen (secondary N) is 3. The Bertz CT molecular complexity index is 2300. The number of halogens is 1. The van der Waals surface area contributed by atoms with Crippen molar-refractivity contribution in [1.82, 2.24) is 20.5 Å². The number of fused-ring (bicyclic) bond motifs is 3. The topological polar surface area (TPSA) is 160 Å². The number of benzene rings is 3. The zero-order chi connectivity index (χ0) is 40.9. The molecule has 302 valence electrons. The number of anilines is 1. The van der Waals surface area contributed by atoms with E-state index >= 15 is 0 Å². The number of aromatic nitrogens is 1. The highest BCUT2D eigenvalue weighted by molar-refractivity contribution is 7.89. The third-order valence-electron chi connectivity index (χ3n) is 10.2. The van der Waals surface area contributed by atoms with E-state index < -0.39 is 16.1 Å². The molecular weight excluding hydrogens is 766 g/mol. The number of hydrogen-bond acceptors (Lipinski definition) is 11. The van der Waals surface area contributed by atoms with Gasteiger partial charge < -0.3 is 24.6 Å². The van der Waals surface area contributed by atoms with Crippen LogP contribution in [0.5, 0.6) is 5.75 Å². The lowest BCUT2D eigenvalue weighted by molar-refractivity contribution is -0.121. The predicted molar refractivity (Wildman–Crippen MR) is 224 cm³/mol. The van der Waals surface area contributed by atoms with Crippen molar-refractivity contribution in [1.29, 1.82) is 0 Å². The summed E-state index contributed by atoms with van der Waals surface area (Å²) in [5.74, 6) is 2.02. The van der Waals surface area contributed by atoms with Crippen LogP contribution in [0.1, 0.15) is 55.3 Å². The molecule has 3 aromatic carbocycles. The number of rotatable bonds is 16. The zero-order valence-corrected chi connectivity index (χ0v) is 35.0. The Hall–Kier alpha value is -4.86. The molecule has 0 fully saturated rings. The van der Waals surface area contributed by atoms with E-state index in [4.69, 9.17) is 35.6 Å². The van der Waals surface area contributed by atoms with Gasteiger partial charge >= 0.3 is 0 Å². The number of carbonyl (C=O) groups excluding carboxylic acids is 1. The van der Waals surface area contributed by atoms with Crippen LogP contribution in [-0.2, 0) is 19.6 Å². The zero-order valence-electron chi connectivity index (χ0n) is 33.4. The van der Waals surface area contributed by atoms with Gasteiger partial charge in [-0.25, -0.2) is 13.1 Å². The lowest BCUT2D eigenvalue weighted by Crippen LogP contribution is -2.41. The molecule has 0 saturated heterocycles. The Labute approximate surface area is 339 Å². The van der Waals surface area contributed by atoms with Gasteiger partial charge in [0.15, 0.2) is 0 Å². The van der Waals surface area contributed by atoms with Crippen LogP contribution < -0.4 is 25.0 Å². The number of aliphatic imine (C=N–C) groups is 2. The lowest BCUT2D eigenvalue weighted by Gasteiger charge is -2.36. The molecule has 57 heavy (non-hydrogen) atoms. The molecule has 2 aliphatic heterocycles. The summed E-state index contributed by atoms with van der Waals surface area (Å²) < 4.78 is 45.5. The molecule has 2 aliphatic rings. The average Bonchev–Trinajstić information content (AvgIpc) is 3.44. The van der Waals surface area contributed by atoms with Crippen molar-refractivity contribution < 1.29 is 27.2 Å². The number of carbonyl (C=O) groups is 1. The summed E-state index contributed by atoms with van der Waals surface area (Å²) in [6.07, 6.45) is 0.133. The SMILES string of the molecule is COc1ccc2c(c1)C(c1ccc(Cl)cc1)=NC(CC(=O)NCCNCCOCCNS(=O)(=O)c1cc(-c3c(C)noc3C)ccc1C)C1=C(C)C(C)N=C(C)N12. The highest BCUT2D eigenvalue weighted by Crippen LogP contribution is 2.40. The molecule has 15 heteroatoms. The van der Waals surface area contributed by atoms with E-state index in [0.29, 0.717) is 54.0 Å². The number of nitrogens with zero attached hydrogens (tertiary/aromatic N) is 4. The quantitative estimate of drug-likeness (QED) is 0.113. The number of ether oxygens (including phenoxy) is 2. The first kappa shape index (κ1) is 41.8. The van der Waals surface area contributed by atoms with Crippen molar-refractivity contribution in [2.45, 2.75) is 64.9 Å². The molecular formula is C42H50ClN7O6S. The number of hydrogen-bond donors (Lipinski definition) is 3. The van der Waals surface area contributed by atoms with Gasteiger partial charge in [0.25, 0.3) is 0 Å². The second kappa shape index (κ2) is 18.2. The molecule has 0 bridgehead atoms. The van der Waals surface area contributed by atoms with Crippen molar-refractivity contribution >= 4 is 44.8 Å². The van der Waals surface area contributed by atoms with Crippen molar-refractivity contribution in [3.8, 4) is 16.9 Å². The van der Waals surface area contributed by atoms with Crippen LogP contribution in [-0.4, -0.2) is 89.6 Å². The maximum absolute atomic E-state index is 13.5. The van der Waals surface area contributed by atoms with Gasteiger partial charge in [-0.05, 0) is 94.6 Å². The number of amidine groups is 1. The molecule has 1 amide bonds. The van der Waals surface area contributed by atoms with Gasteiger partial charge in [-0.3, -0.25) is 19.7 Å². The monoisotopic (exact) mass is 815 g/mol. The first-order chi connectivity index (χ1) is 27.3. The van der Waals surface area contributed by atoms with Gasteiger partial charge in [0.1, 0.15) is 17.3 Å². The molecule has 2 unspecified atom stereocenters. The average molecular weight is 816 g/mol. The Morgan fingerprint density at radius 1 is 0.912 bits per heavy atom. The number of amides is 1. The summed E-state index contributed by atoms with van der Waals surface area (Å²) in [6, 6.07) is 18.2. The fourth-order valence-electron chi connectivity index (χ4n) is 7.18. The van der Waals surface area contributed by atoms with E-state index in [0.717, 1.165) is 50.8 Å². The van der Waals surface area contributed by atoms with Crippen molar-refractivity contribution in [3.63, 3.8) is 0 Å². The van der Waals surface area contributed by atoms with E-state index in [1.807, 2.05) is 62.4 Å². The maximum atomic E-state index is 13.5. The first-order valence-electron chi connectivity index (χ1n) is 18.9. The molecule has 1 aromatic heterocycles. The van der Waals surface area contributed by atoms with Gasteiger partial charge in [-0.2, -0.15) is 0 Å². The van der Waals surface area contributed by atoms with Crippen molar-refractivity contribution in [2.24, 2.45) is 9.98 Å². The van der Waals surface area contributed by atoms with E-state index in [1.54, 1.807) is 33.1 Å². The Kier molecular flexibility index (Phi) is 13.3. The Balaban J connectivity index is 1.01. The second-order valence-corrected chi connectivity index (χ2v) is 16.3. The maximum Gasteiger partial charge on any atom is 0.240 e. The summed E-state index contributed by atoms with van der Waals surface area (Å²) in [5, 5.41) is 10.9. The lowest BCUT2D eigenvalue weighted by atomic mass is 9.97. The molecule has 4 aromatic rings. The smallest absolute Gasteiger partial charge is 0.240 e. The molecule has 6 rings (SSSR count). The second-order valence-electron chi connectivity index (χ2n) is 14.1. The van der Waals surface area contributed by atoms with Crippen LogP contribution in [0.25, 0.3) is 11.1 Å². The van der Waals surface area contributed by atoms with Gasteiger partial charge in [-0.15, -0.1) is 0 Å². The largest absolute Gasteiger partial charge is 0.497 e. The van der Waals surface area contributed by atoms with Gasteiger partial charge in [-0.1, -0.05) is 41.0 Å². The number of methoxy groups -OCH3 is 1. The highest BCUT2D eigenvalue weighted by Gasteiger charge is 2.36. The third-order valence-corrected chi connectivity index (χ3v) is 12.0. The molecule has 3 N–H and O–H groups in total. The Morgan fingerprint density at radius 2 is 1.65 bits per heavy atom. The minimum absolute atomic E-state index is 0.0662. The van der Waals surface area contributed by atoms with Gasteiger partial charge in [0, 0.05) is 47.9 Å². The summed E-state index contributed by atoms with van der Waals surface area (Å²) >= 11 is 6.27. The van der Waals surface area contributed by atoms with Crippen LogP contribution in [0.2, 0.25) is 5.02 Å². The highest BCUT2D eigenvalue weighted by atomic mass is 35.5. The van der Waals surface area contributed by atoms with Gasteiger partial charge in [0.2, 0.25) is 15.9 Å². The molecule has 3 heterocycles. The van der Waals surface area contributed by atoms with Crippen LogP contribution in [0.3, 0.4) is 0 Å². The van der Waals surface area contributed by atoms with Crippen LogP contribution in [0.15, 0.2) is 91.3 Å². The summed E-state index contributed by atoms with van der Waals surface area (Å²) in [4.78, 5) is 26.1. The van der Waals surface area contributed by atoms with E-state index in [9.17, 15) is 13.2 Å². The predicted octanol–water partition coefficient (Wildman–Crippen LogP) is 6.14. The summed E-state index contributed by atoms with van der Waals surface area (Å²) in [6.45, 7) is 13.6. The Morgan fingerprint density at radius 3 is 2.37 bits per heavy atom. The van der Waals surface area contributed by atoms with Crippen LogP contribution >= 0.6 is 11.6 Å². The molecule has 2 atom stereocenters. The van der Waals surface area contributed by atoms with E-state index in [2.05, 4.69) is 39.3 Å². The first-order valence-corrected chi connectivity index (χ1v) is 20.8.